The Kier molecular flexibility index (Phi) is 5.93. The number of halogens is 1. The van der Waals surface area contributed by atoms with Crippen LogP contribution in [0.15, 0.2) is 34.7 Å². The Morgan fingerprint density at radius 3 is 2.71 bits per heavy atom. The number of benzene rings is 2. The highest BCUT2D eigenvalue weighted by molar-refractivity contribution is 7.72. The zero-order valence-corrected chi connectivity index (χ0v) is 20.4. The highest BCUT2D eigenvalue weighted by Gasteiger charge is 2.57. The maximum atomic E-state index is 13.0. The molecule has 1 aliphatic heterocycles. The summed E-state index contributed by atoms with van der Waals surface area (Å²) in [6.45, 7) is 2.41. The summed E-state index contributed by atoms with van der Waals surface area (Å²) in [5.74, 6) is -1.88. The molecule has 3 aromatic rings. The Morgan fingerprint density at radius 2 is 2.06 bits per heavy atom. The van der Waals surface area contributed by atoms with E-state index in [9.17, 15) is 19.5 Å². The van der Waals surface area contributed by atoms with Crippen molar-refractivity contribution in [3.05, 3.63) is 45.4 Å². The summed E-state index contributed by atoms with van der Waals surface area (Å²) in [6, 6.07) is 8.48. The van der Waals surface area contributed by atoms with E-state index in [1.165, 1.54) is 0 Å². The van der Waals surface area contributed by atoms with Gasteiger partial charge >= 0.3 is 12.0 Å². The van der Waals surface area contributed by atoms with Crippen molar-refractivity contribution in [2.45, 2.75) is 38.1 Å². The Hall–Kier alpha value is -3.17. The van der Waals surface area contributed by atoms with Crippen molar-refractivity contribution < 1.29 is 28.6 Å². The van der Waals surface area contributed by atoms with Crippen LogP contribution in [0.4, 0.5) is 4.79 Å². The fraction of sp³-hybridized carbons (Fsp3) is 0.360. The number of para-hydroxylation sites is 1. The zero-order valence-electron chi connectivity index (χ0n) is 18.9. The quantitative estimate of drug-likeness (QED) is 0.231. The monoisotopic (exact) mass is 514 g/mol. The third kappa shape index (κ3) is 3.83. The van der Waals surface area contributed by atoms with Gasteiger partial charge in [0.1, 0.15) is 11.1 Å². The van der Waals surface area contributed by atoms with E-state index in [4.69, 9.17) is 33.0 Å². The van der Waals surface area contributed by atoms with E-state index in [2.05, 4.69) is 10.6 Å². The van der Waals surface area contributed by atoms with Gasteiger partial charge in [0.2, 0.25) is 0 Å². The maximum Gasteiger partial charge on any atom is 0.322 e. The predicted molar refractivity (Wildman–Crippen MR) is 132 cm³/mol. The Morgan fingerprint density at radius 1 is 1.31 bits per heavy atom. The number of carbonyl (C=O) groups is 3. The minimum atomic E-state index is -1.32. The summed E-state index contributed by atoms with van der Waals surface area (Å²) in [5, 5.41) is 16.0. The molecule has 1 aromatic heterocycles. The molecular weight excluding hydrogens is 492 g/mol. The fourth-order valence-electron chi connectivity index (χ4n) is 4.99. The van der Waals surface area contributed by atoms with Gasteiger partial charge in [0.05, 0.1) is 27.4 Å². The molecule has 5 rings (SSSR count). The fourth-order valence-corrected chi connectivity index (χ4v) is 5.72. The van der Waals surface area contributed by atoms with E-state index in [0.29, 0.717) is 44.0 Å². The Labute approximate surface area is 210 Å². The summed E-state index contributed by atoms with van der Waals surface area (Å²) in [5.41, 5.74) is 0.249. The van der Waals surface area contributed by atoms with Crippen LogP contribution in [0.5, 0.6) is 5.75 Å². The molecule has 182 valence electrons. The van der Waals surface area contributed by atoms with Gasteiger partial charge in [-0.2, -0.15) is 0 Å². The molecule has 2 heterocycles. The highest BCUT2D eigenvalue weighted by atomic mass is 35.5. The summed E-state index contributed by atoms with van der Waals surface area (Å²) >= 11 is 12.7. The van der Waals surface area contributed by atoms with Gasteiger partial charge in [-0.1, -0.05) is 42.9 Å². The Balaban J connectivity index is 1.67. The first-order valence-electron chi connectivity index (χ1n) is 11.4. The van der Waals surface area contributed by atoms with E-state index in [0.717, 1.165) is 11.8 Å². The topological polar surface area (TPSA) is 118 Å². The normalized spacial score (nSPS) is 23.7. The summed E-state index contributed by atoms with van der Waals surface area (Å²) < 4.78 is 12.7. The van der Waals surface area contributed by atoms with Crippen molar-refractivity contribution in [2.24, 2.45) is 11.8 Å². The number of carboxylic acids is 1. The number of rotatable bonds is 7. The van der Waals surface area contributed by atoms with Crippen molar-refractivity contribution in [3.63, 3.8) is 0 Å². The van der Waals surface area contributed by atoms with Crippen molar-refractivity contribution in [2.75, 3.05) is 6.61 Å². The van der Waals surface area contributed by atoms with E-state index >= 15 is 0 Å². The van der Waals surface area contributed by atoms with Crippen molar-refractivity contribution in [1.82, 2.24) is 10.6 Å². The molecule has 0 spiro atoms. The number of carboxylic acid groups (broad SMARTS) is 1. The smallest absolute Gasteiger partial charge is 0.322 e. The molecule has 0 bridgehead atoms. The number of nitrogens with one attached hydrogen (secondary N) is 2. The number of imide groups is 1. The van der Waals surface area contributed by atoms with Crippen LogP contribution in [0, 0.1) is 16.3 Å². The number of hydrogen-bond donors (Lipinski definition) is 3. The molecule has 1 saturated heterocycles. The van der Waals surface area contributed by atoms with Crippen LogP contribution in [-0.2, 0) is 16.0 Å². The standard InChI is InChI=1S/C25H23ClN2O6S/c1-2-7-33-17-10-13(19(26)18-20(17)34-16-6-4-3-5-15(16)21(18)35)11-25(23(31)27-24(32)28-25)14-8-12(9-14)22(29)30/h3-6,10,12,14H,2,7-9,11H2,1H3,(H,29,30)(H2,27,28,31,32). The number of ether oxygens (including phenoxy) is 1. The summed E-state index contributed by atoms with van der Waals surface area (Å²) in [7, 11) is 0. The van der Waals surface area contributed by atoms with Crippen molar-refractivity contribution in [1.29, 1.82) is 0 Å². The third-order valence-corrected chi connectivity index (χ3v) is 7.77. The second-order valence-electron chi connectivity index (χ2n) is 9.09. The molecular formula is C25H23ClN2O6S. The Bertz CT molecular complexity index is 1450. The van der Waals surface area contributed by atoms with Crippen LogP contribution in [0.25, 0.3) is 21.9 Å². The third-order valence-electron chi connectivity index (χ3n) is 6.91. The van der Waals surface area contributed by atoms with Crippen LogP contribution >= 0.6 is 23.8 Å². The first-order valence-corrected chi connectivity index (χ1v) is 12.2. The van der Waals surface area contributed by atoms with Gasteiger partial charge < -0.3 is 19.6 Å². The number of fused-ring (bicyclic) bond motifs is 2. The average molecular weight is 515 g/mol. The second kappa shape index (κ2) is 8.80. The molecule has 1 unspecified atom stereocenters. The molecule has 2 fully saturated rings. The van der Waals surface area contributed by atoms with Gasteiger partial charge in [0.25, 0.3) is 5.91 Å². The van der Waals surface area contributed by atoms with Crippen LogP contribution < -0.4 is 15.4 Å². The molecule has 3 N–H and O–H groups in total. The van der Waals surface area contributed by atoms with Crippen molar-refractivity contribution in [3.8, 4) is 5.75 Å². The summed E-state index contributed by atoms with van der Waals surface area (Å²) in [6.07, 6.45) is 1.37. The largest absolute Gasteiger partial charge is 0.490 e. The molecule has 1 saturated carbocycles. The van der Waals surface area contributed by atoms with Crippen LogP contribution in [0.1, 0.15) is 31.7 Å². The van der Waals surface area contributed by atoms with E-state index in [1.807, 2.05) is 31.2 Å². The van der Waals surface area contributed by atoms with Gasteiger partial charge in [-0.15, -0.1) is 0 Å². The van der Waals surface area contributed by atoms with Crippen LogP contribution in [0.2, 0.25) is 5.02 Å². The molecule has 3 amide bonds. The van der Waals surface area contributed by atoms with Crippen molar-refractivity contribution >= 4 is 63.7 Å². The summed E-state index contributed by atoms with van der Waals surface area (Å²) in [4.78, 5) is 36.6. The molecule has 10 heteroatoms. The lowest BCUT2D eigenvalue weighted by molar-refractivity contribution is -0.149. The van der Waals surface area contributed by atoms with Gasteiger partial charge in [-0.05, 0) is 48.9 Å². The van der Waals surface area contributed by atoms with Gasteiger partial charge in [0, 0.05) is 11.8 Å². The molecule has 0 radical (unpaired) electrons. The number of carbonyl (C=O) groups excluding carboxylic acids is 2. The average Bonchev–Trinajstić information content (AvgIpc) is 3.06. The second-order valence-corrected chi connectivity index (χ2v) is 9.87. The van der Waals surface area contributed by atoms with Gasteiger partial charge in [0.15, 0.2) is 11.3 Å². The first-order chi connectivity index (χ1) is 16.7. The number of amides is 3. The number of aliphatic carboxylic acids is 1. The molecule has 1 aliphatic carbocycles. The number of hydrogen-bond acceptors (Lipinski definition) is 6. The van der Waals surface area contributed by atoms with E-state index < -0.39 is 29.4 Å². The maximum absolute atomic E-state index is 13.0. The zero-order chi connectivity index (χ0) is 24.9. The lowest BCUT2D eigenvalue weighted by atomic mass is 9.63. The number of urea groups is 1. The van der Waals surface area contributed by atoms with Gasteiger partial charge in [-0.25, -0.2) is 4.79 Å². The minimum Gasteiger partial charge on any atom is -0.490 e. The van der Waals surface area contributed by atoms with Crippen LogP contribution in [-0.4, -0.2) is 35.2 Å². The molecule has 2 aliphatic rings. The lowest BCUT2D eigenvalue weighted by Crippen LogP contribution is -2.59. The predicted octanol–water partition coefficient (Wildman–Crippen LogP) is 4.99. The SMILES string of the molecule is CCCOc1cc(CC2(C3CC(C(=O)O)C3)NC(=O)NC2=O)c(Cl)c2c(=S)c3ccccc3oc12. The van der Waals surface area contributed by atoms with Gasteiger partial charge in [-0.3, -0.25) is 14.9 Å². The molecule has 1 atom stereocenters. The van der Waals surface area contributed by atoms with Crippen LogP contribution in [0.3, 0.4) is 0 Å². The highest BCUT2D eigenvalue weighted by Crippen LogP contribution is 2.46. The molecule has 2 aromatic carbocycles. The molecule has 35 heavy (non-hydrogen) atoms. The van der Waals surface area contributed by atoms with E-state index in [-0.39, 0.29) is 25.2 Å². The minimum absolute atomic E-state index is 0.0560. The first kappa shape index (κ1) is 23.6. The molecule has 8 nitrogen and oxygen atoms in total. The lowest BCUT2D eigenvalue weighted by Gasteiger charge is -2.43. The van der Waals surface area contributed by atoms with E-state index in [1.54, 1.807) is 6.07 Å².